The molecular weight excluding hydrogens is 336 g/mol. The number of carbonyl (C=O) groups is 1. The van der Waals surface area contributed by atoms with E-state index in [1.807, 2.05) is 0 Å². The van der Waals surface area contributed by atoms with Crippen molar-refractivity contribution in [3.05, 3.63) is 34.2 Å². The predicted octanol–water partition coefficient (Wildman–Crippen LogP) is 2.33. The van der Waals surface area contributed by atoms with Crippen molar-refractivity contribution in [1.29, 1.82) is 0 Å². The maximum absolute atomic E-state index is 11.9. The molecule has 2 aromatic rings. The lowest BCUT2D eigenvalue weighted by Crippen LogP contribution is -2.26. The van der Waals surface area contributed by atoms with Gasteiger partial charge in [-0.1, -0.05) is 6.42 Å². The number of nitrogens with zero attached hydrogens (tertiary/aromatic N) is 3. The number of hydrogen-bond donors (Lipinski definition) is 1. The van der Waals surface area contributed by atoms with Crippen LogP contribution in [-0.2, 0) is 19.4 Å². The van der Waals surface area contributed by atoms with Crippen molar-refractivity contribution in [3.8, 4) is 0 Å². The van der Waals surface area contributed by atoms with Crippen molar-refractivity contribution in [2.24, 2.45) is 0 Å². The van der Waals surface area contributed by atoms with Gasteiger partial charge in [-0.3, -0.25) is 4.79 Å². The van der Waals surface area contributed by atoms with E-state index in [4.69, 9.17) is 4.42 Å². The molecule has 7 heteroatoms. The van der Waals surface area contributed by atoms with Gasteiger partial charge in [-0.2, -0.15) is 0 Å². The lowest BCUT2D eigenvalue weighted by Gasteiger charge is -2.07. The van der Waals surface area contributed by atoms with E-state index in [2.05, 4.69) is 36.0 Å². The van der Waals surface area contributed by atoms with Crippen LogP contribution < -0.4 is 5.32 Å². The van der Waals surface area contributed by atoms with Crippen LogP contribution in [0.25, 0.3) is 0 Å². The molecular formula is C14H17BrN4O2. The lowest BCUT2D eigenvalue weighted by molar-refractivity contribution is 0.0925. The Bertz CT molecular complexity index is 635. The Hall–Kier alpha value is -1.63. The number of carbonyl (C=O) groups excluding carboxylic acids is 1. The van der Waals surface area contributed by atoms with Crippen LogP contribution in [0, 0.1) is 0 Å². The summed E-state index contributed by atoms with van der Waals surface area (Å²) < 4.78 is 7.96. The van der Waals surface area contributed by atoms with E-state index in [0.29, 0.717) is 23.4 Å². The summed E-state index contributed by atoms with van der Waals surface area (Å²) >= 11 is 3.18. The molecule has 1 amide bonds. The van der Waals surface area contributed by atoms with Crippen molar-refractivity contribution in [1.82, 2.24) is 20.1 Å². The number of aryl methyl sites for hydroxylation is 1. The second-order valence-corrected chi connectivity index (χ2v) is 5.89. The van der Waals surface area contributed by atoms with E-state index in [0.717, 1.165) is 24.6 Å². The van der Waals surface area contributed by atoms with Gasteiger partial charge in [0.15, 0.2) is 10.4 Å². The summed E-state index contributed by atoms with van der Waals surface area (Å²) in [6.45, 7) is 1.51. The molecule has 0 fully saturated rings. The van der Waals surface area contributed by atoms with Crippen LogP contribution >= 0.6 is 15.9 Å². The Morgan fingerprint density at radius 1 is 1.33 bits per heavy atom. The molecule has 3 heterocycles. The molecule has 0 atom stereocenters. The monoisotopic (exact) mass is 352 g/mol. The van der Waals surface area contributed by atoms with Crippen LogP contribution in [0.3, 0.4) is 0 Å². The number of rotatable bonds is 4. The largest absolute Gasteiger partial charge is 0.444 e. The van der Waals surface area contributed by atoms with Crippen molar-refractivity contribution in [2.45, 2.75) is 38.6 Å². The molecule has 0 bridgehead atoms. The van der Waals surface area contributed by atoms with Gasteiger partial charge in [0.25, 0.3) is 5.91 Å². The van der Waals surface area contributed by atoms with Gasteiger partial charge >= 0.3 is 0 Å². The normalized spacial score (nSPS) is 14.5. The Morgan fingerprint density at radius 2 is 2.24 bits per heavy atom. The lowest BCUT2D eigenvalue weighted by atomic mass is 10.2. The Morgan fingerprint density at radius 3 is 3.05 bits per heavy atom. The maximum atomic E-state index is 11.9. The molecule has 0 aliphatic carbocycles. The highest BCUT2D eigenvalue weighted by molar-refractivity contribution is 9.10. The molecule has 0 spiro atoms. The summed E-state index contributed by atoms with van der Waals surface area (Å²) in [7, 11) is 0. The Labute approximate surface area is 131 Å². The summed E-state index contributed by atoms with van der Waals surface area (Å²) in [5.74, 6) is 2.12. The van der Waals surface area contributed by atoms with Gasteiger partial charge in [0, 0.05) is 25.9 Å². The second-order valence-electron chi connectivity index (χ2n) is 5.10. The summed E-state index contributed by atoms with van der Waals surface area (Å²) in [4.78, 5) is 11.9. The topological polar surface area (TPSA) is 73.0 Å². The second kappa shape index (κ2) is 6.43. The van der Waals surface area contributed by atoms with Gasteiger partial charge in [-0.05, 0) is 40.9 Å². The number of aromatic nitrogens is 3. The third-order valence-electron chi connectivity index (χ3n) is 3.62. The minimum atomic E-state index is -0.212. The molecule has 1 N–H and O–H groups in total. The zero-order chi connectivity index (χ0) is 14.7. The van der Waals surface area contributed by atoms with E-state index in [-0.39, 0.29) is 5.91 Å². The van der Waals surface area contributed by atoms with Gasteiger partial charge < -0.3 is 14.3 Å². The van der Waals surface area contributed by atoms with Gasteiger partial charge in [0.2, 0.25) is 0 Å². The van der Waals surface area contributed by atoms with Gasteiger partial charge in [-0.15, -0.1) is 10.2 Å². The number of furan rings is 1. The third-order valence-corrected chi connectivity index (χ3v) is 4.04. The first kappa shape index (κ1) is 14.3. The van der Waals surface area contributed by atoms with Crippen LogP contribution in [0.2, 0.25) is 0 Å². The minimum absolute atomic E-state index is 0.212. The molecule has 0 radical (unpaired) electrons. The van der Waals surface area contributed by atoms with Crippen molar-refractivity contribution >= 4 is 21.8 Å². The average Bonchev–Trinajstić information content (AvgIpc) is 2.99. The van der Waals surface area contributed by atoms with E-state index >= 15 is 0 Å². The zero-order valence-corrected chi connectivity index (χ0v) is 13.2. The molecule has 0 unspecified atom stereocenters. The molecule has 0 saturated heterocycles. The molecule has 0 saturated carbocycles. The highest BCUT2D eigenvalue weighted by Gasteiger charge is 2.15. The number of halogens is 1. The van der Waals surface area contributed by atoms with Gasteiger partial charge in [0.1, 0.15) is 11.6 Å². The first-order valence-electron chi connectivity index (χ1n) is 7.18. The molecule has 3 rings (SSSR count). The fourth-order valence-corrected chi connectivity index (χ4v) is 2.85. The molecule has 0 aromatic carbocycles. The summed E-state index contributed by atoms with van der Waals surface area (Å²) in [6.07, 6.45) is 5.28. The molecule has 21 heavy (non-hydrogen) atoms. The van der Waals surface area contributed by atoms with E-state index in [1.54, 1.807) is 12.1 Å². The van der Waals surface area contributed by atoms with Gasteiger partial charge in [-0.25, -0.2) is 0 Å². The molecule has 2 aromatic heterocycles. The number of fused-ring (bicyclic) bond motifs is 1. The Kier molecular flexibility index (Phi) is 4.38. The first-order valence-corrected chi connectivity index (χ1v) is 7.98. The first-order chi connectivity index (χ1) is 10.2. The number of amides is 1. The fourth-order valence-electron chi connectivity index (χ4n) is 2.54. The molecule has 1 aliphatic rings. The smallest absolute Gasteiger partial charge is 0.287 e. The SMILES string of the molecule is O=C(NCCc1nnc2n1CCCCC2)c1ccc(Br)o1. The zero-order valence-electron chi connectivity index (χ0n) is 11.6. The molecule has 1 aliphatic heterocycles. The Balaban J connectivity index is 1.56. The average molecular weight is 353 g/mol. The van der Waals surface area contributed by atoms with Crippen LogP contribution in [0.4, 0.5) is 0 Å². The van der Waals surface area contributed by atoms with Gasteiger partial charge in [0.05, 0.1) is 0 Å². The standard InChI is InChI=1S/C14H17BrN4O2/c15-11-6-5-10(21-11)14(20)16-8-7-13-18-17-12-4-2-1-3-9-19(12)13/h5-6H,1-4,7-9H2,(H,16,20). The van der Waals surface area contributed by atoms with Crippen LogP contribution in [0.15, 0.2) is 21.2 Å². The minimum Gasteiger partial charge on any atom is -0.444 e. The van der Waals surface area contributed by atoms with Crippen LogP contribution in [-0.4, -0.2) is 27.2 Å². The fraction of sp³-hybridized carbons (Fsp3) is 0.500. The molecule has 6 nitrogen and oxygen atoms in total. The summed E-state index contributed by atoms with van der Waals surface area (Å²) in [6, 6.07) is 3.34. The van der Waals surface area contributed by atoms with Crippen LogP contribution in [0.1, 0.15) is 41.5 Å². The quantitative estimate of drug-likeness (QED) is 0.916. The van der Waals surface area contributed by atoms with E-state index < -0.39 is 0 Å². The van der Waals surface area contributed by atoms with E-state index in [1.165, 1.54) is 19.3 Å². The summed E-state index contributed by atoms with van der Waals surface area (Å²) in [5.41, 5.74) is 0. The number of hydrogen-bond acceptors (Lipinski definition) is 4. The third kappa shape index (κ3) is 3.34. The highest BCUT2D eigenvalue weighted by atomic mass is 79.9. The van der Waals surface area contributed by atoms with Crippen molar-refractivity contribution in [2.75, 3.05) is 6.54 Å². The summed E-state index contributed by atoms with van der Waals surface area (Å²) in [5, 5.41) is 11.3. The van der Waals surface area contributed by atoms with Crippen molar-refractivity contribution in [3.63, 3.8) is 0 Å². The highest BCUT2D eigenvalue weighted by Crippen LogP contribution is 2.15. The molecule has 112 valence electrons. The number of nitrogens with one attached hydrogen (secondary N) is 1. The predicted molar refractivity (Wildman–Crippen MR) is 80.0 cm³/mol. The van der Waals surface area contributed by atoms with Crippen LogP contribution in [0.5, 0.6) is 0 Å². The maximum Gasteiger partial charge on any atom is 0.287 e. The van der Waals surface area contributed by atoms with E-state index in [9.17, 15) is 4.79 Å². The van der Waals surface area contributed by atoms with Crippen molar-refractivity contribution < 1.29 is 9.21 Å².